The van der Waals surface area contributed by atoms with Gasteiger partial charge in [-0.05, 0) is 130 Å². The molecule has 1 saturated carbocycles. The molecule has 3 saturated heterocycles. The van der Waals surface area contributed by atoms with Crippen LogP contribution in [0.5, 0.6) is 5.75 Å². The lowest BCUT2D eigenvalue weighted by Gasteiger charge is -2.34. The summed E-state index contributed by atoms with van der Waals surface area (Å²) in [6.07, 6.45) is 10.4. The maximum atomic E-state index is 16.8. The summed E-state index contributed by atoms with van der Waals surface area (Å²) < 4.78 is 43.3. The Hall–Kier alpha value is -4.65. The van der Waals surface area contributed by atoms with Gasteiger partial charge in [0.15, 0.2) is 0 Å². The quantitative estimate of drug-likeness (QED) is 0.100. The van der Waals surface area contributed by atoms with Crippen molar-refractivity contribution in [2.75, 3.05) is 13.2 Å². The molecule has 60 heavy (non-hydrogen) atoms. The molecular formula is C45H53FN5O7PS. The van der Waals surface area contributed by atoms with E-state index in [4.69, 9.17) is 9.26 Å². The zero-order valence-corrected chi connectivity index (χ0v) is 36.2. The summed E-state index contributed by atoms with van der Waals surface area (Å²) in [6.45, 7) is 7.62. The molecule has 7 atom stereocenters. The summed E-state index contributed by atoms with van der Waals surface area (Å²) in [5.41, 5.74) is 2.32. The Bertz CT molecular complexity index is 2320. The van der Waals surface area contributed by atoms with E-state index in [0.29, 0.717) is 51.9 Å². The highest BCUT2D eigenvalue weighted by Crippen LogP contribution is 2.59. The predicted molar refractivity (Wildman–Crippen MR) is 228 cm³/mol. The maximum absolute atomic E-state index is 16.8. The molecule has 4 aromatic rings. The van der Waals surface area contributed by atoms with Crippen molar-refractivity contribution in [1.82, 2.24) is 25.2 Å². The van der Waals surface area contributed by atoms with Gasteiger partial charge in [0, 0.05) is 41.1 Å². The first-order valence-corrected chi connectivity index (χ1v) is 23.6. The summed E-state index contributed by atoms with van der Waals surface area (Å²) in [5.74, 6) is -3.05. The fraction of sp³-hybridized carbons (Fsp3) is 0.489. The van der Waals surface area contributed by atoms with Crippen molar-refractivity contribution < 1.29 is 37.4 Å². The minimum atomic E-state index is -4.49. The molecule has 8 rings (SSSR count). The van der Waals surface area contributed by atoms with Crippen molar-refractivity contribution in [2.24, 2.45) is 0 Å². The van der Waals surface area contributed by atoms with Crippen LogP contribution in [0.3, 0.4) is 0 Å². The first-order chi connectivity index (χ1) is 28.8. The van der Waals surface area contributed by atoms with Gasteiger partial charge < -0.3 is 24.4 Å². The van der Waals surface area contributed by atoms with E-state index >= 15 is 4.39 Å². The molecule has 2 N–H and O–H groups in total. The van der Waals surface area contributed by atoms with Crippen LogP contribution in [0, 0.1) is 13.8 Å². The fourth-order valence-electron chi connectivity index (χ4n) is 9.36. The Morgan fingerprint density at radius 1 is 1.05 bits per heavy atom. The first-order valence-electron chi connectivity index (χ1n) is 21.1. The van der Waals surface area contributed by atoms with Gasteiger partial charge in [0.05, 0.1) is 11.5 Å². The molecule has 12 nitrogen and oxygen atoms in total. The van der Waals surface area contributed by atoms with Crippen LogP contribution in [0.1, 0.15) is 115 Å². The number of esters is 1. The van der Waals surface area contributed by atoms with Gasteiger partial charge in [-0.2, -0.15) is 0 Å². The van der Waals surface area contributed by atoms with E-state index in [9.17, 15) is 23.7 Å². The van der Waals surface area contributed by atoms with Gasteiger partial charge >= 0.3 is 13.5 Å². The lowest BCUT2D eigenvalue weighted by molar-refractivity contribution is -0.147. The number of rotatable bonds is 13. The molecule has 1 aliphatic carbocycles. The molecule has 0 bridgehead atoms. The SMILES string of the molecule is CCCOC(=O)[C@H](C)NP(=O)(Oc1c(C)cccc1C)[C@H](F)c1ccc2sc(C(=O)N[C@H]3CCC[C@H]4CC[C@@H](C(=O)N5C[C@@H](c6cccnc6)CC56CC6)N4C3=O)cc2c1. The van der Waals surface area contributed by atoms with E-state index in [1.165, 1.54) is 30.4 Å². The Balaban J connectivity index is 0.983. The number of thiophene rings is 1. The number of hydrogen-bond acceptors (Lipinski definition) is 9. The van der Waals surface area contributed by atoms with E-state index in [1.54, 1.807) is 49.2 Å². The normalized spacial score (nSPS) is 24.1. The number of aryl methyl sites for hydroxylation is 2. The molecule has 318 valence electrons. The molecule has 1 spiro atoms. The van der Waals surface area contributed by atoms with Crippen LogP contribution in [0.15, 0.2) is 67.0 Å². The number of aromatic nitrogens is 1. The molecule has 1 unspecified atom stereocenters. The summed E-state index contributed by atoms with van der Waals surface area (Å²) in [4.78, 5) is 63.8. The van der Waals surface area contributed by atoms with Gasteiger partial charge in [0.25, 0.3) is 5.91 Å². The van der Waals surface area contributed by atoms with Gasteiger partial charge in [0.2, 0.25) is 17.7 Å². The van der Waals surface area contributed by atoms with Crippen molar-refractivity contribution >= 4 is 52.6 Å². The van der Waals surface area contributed by atoms with E-state index in [1.807, 2.05) is 30.2 Å². The number of likely N-dealkylation sites (tertiary alicyclic amines) is 1. The number of fused-ring (bicyclic) bond motifs is 2. The second-order valence-electron chi connectivity index (χ2n) is 17.0. The minimum Gasteiger partial charge on any atom is -0.465 e. The van der Waals surface area contributed by atoms with Crippen LogP contribution in [0.4, 0.5) is 4.39 Å². The van der Waals surface area contributed by atoms with Crippen LogP contribution in [0.2, 0.25) is 0 Å². The lowest BCUT2D eigenvalue weighted by atomic mass is 9.97. The average molecular weight is 858 g/mol. The molecule has 4 fully saturated rings. The molecule has 3 aliphatic heterocycles. The molecular weight excluding hydrogens is 805 g/mol. The number of halogens is 1. The Morgan fingerprint density at radius 2 is 1.83 bits per heavy atom. The zero-order chi connectivity index (χ0) is 42.3. The smallest absolute Gasteiger partial charge is 0.355 e. The average Bonchev–Trinajstić information content (AvgIpc) is 3.55. The molecule has 5 heterocycles. The predicted octanol–water partition coefficient (Wildman–Crippen LogP) is 8.28. The molecule has 4 aliphatic rings. The van der Waals surface area contributed by atoms with Crippen molar-refractivity contribution in [3.63, 3.8) is 0 Å². The Kier molecular flexibility index (Phi) is 11.9. The van der Waals surface area contributed by atoms with Gasteiger partial charge in [-0.25, -0.2) is 9.48 Å². The second kappa shape index (κ2) is 17.0. The highest BCUT2D eigenvalue weighted by atomic mass is 32.1. The van der Waals surface area contributed by atoms with Gasteiger partial charge in [-0.15, -0.1) is 11.3 Å². The molecule has 3 amide bonds. The summed E-state index contributed by atoms with van der Waals surface area (Å²) in [5, 5.41) is 6.18. The molecule has 2 aromatic heterocycles. The topological polar surface area (TPSA) is 147 Å². The number of nitrogens with zero attached hydrogens (tertiary/aromatic N) is 3. The number of benzene rings is 2. The lowest BCUT2D eigenvalue weighted by Crippen LogP contribution is -2.56. The minimum absolute atomic E-state index is 0.0123. The number of alkyl halides is 1. The molecule has 2 aromatic carbocycles. The standard InChI is InChI=1S/C45H53FN5O7PS/c1-5-21-57-44(55)29(4)49-59(56,58-39-27(2)9-6-10-28(39)3)40(46)30-14-17-37-32(22-30)23-38(60-37)41(52)48-35-13-7-12-34-15-16-36(51(34)42(35)53)43(54)50-26-33(24-45(50)18-19-45)31-11-8-20-47-25-31/h6,8-11,14,17,20,22-23,25,29,33-36,40H,5,7,12-13,15-16,18-19,21,24,26H2,1-4H3,(H,48,52)(H,49,56)/t29-,33-,34-,35-,36-,40-,59?/m0/s1. The Labute approximate surface area is 354 Å². The van der Waals surface area contributed by atoms with E-state index in [2.05, 4.69) is 21.5 Å². The third-order valence-electron chi connectivity index (χ3n) is 12.7. The number of nitrogens with one attached hydrogen (secondary N) is 2. The number of carbonyl (C=O) groups is 4. The molecule has 15 heteroatoms. The second-order valence-corrected chi connectivity index (χ2v) is 20.2. The van der Waals surface area contributed by atoms with Gasteiger partial charge in [-0.3, -0.25) is 28.7 Å². The third-order valence-corrected chi connectivity index (χ3v) is 15.9. The van der Waals surface area contributed by atoms with Crippen LogP contribution < -0.4 is 14.9 Å². The largest absolute Gasteiger partial charge is 0.465 e. The Morgan fingerprint density at radius 3 is 2.55 bits per heavy atom. The number of ether oxygens (including phenoxy) is 1. The van der Waals surface area contributed by atoms with E-state index in [0.717, 1.165) is 44.1 Å². The van der Waals surface area contributed by atoms with Crippen molar-refractivity contribution in [3.8, 4) is 5.75 Å². The monoisotopic (exact) mass is 857 g/mol. The van der Waals surface area contributed by atoms with Crippen molar-refractivity contribution in [2.45, 2.75) is 127 Å². The molecule has 0 radical (unpaired) electrons. The van der Waals surface area contributed by atoms with Crippen LogP contribution in [-0.4, -0.2) is 81.3 Å². The van der Waals surface area contributed by atoms with Crippen molar-refractivity contribution in [3.05, 3.63) is 94.1 Å². The number of pyridine rings is 1. The summed E-state index contributed by atoms with van der Waals surface area (Å²) in [6, 6.07) is 13.1. The highest BCUT2D eigenvalue weighted by molar-refractivity contribution is 7.57. The number of amides is 3. The zero-order valence-electron chi connectivity index (χ0n) is 34.5. The fourth-order valence-corrected chi connectivity index (χ4v) is 12.3. The van der Waals surface area contributed by atoms with Crippen LogP contribution in [0.25, 0.3) is 10.1 Å². The third kappa shape index (κ3) is 8.22. The summed E-state index contributed by atoms with van der Waals surface area (Å²) in [7, 11) is -4.49. The van der Waals surface area contributed by atoms with E-state index in [-0.39, 0.29) is 47.2 Å². The number of hydrogen-bond donors (Lipinski definition) is 2. The van der Waals surface area contributed by atoms with Crippen molar-refractivity contribution in [1.29, 1.82) is 0 Å². The maximum Gasteiger partial charge on any atom is 0.355 e. The van der Waals surface area contributed by atoms with Crippen LogP contribution >= 0.6 is 18.9 Å². The van der Waals surface area contributed by atoms with Crippen LogP contribution in [-0.2, 0) is 23.7 Å². The van der Waals surface area contributed by atoms with E-state index < -0.39 is 43.4 Å². The van der Waals surface area contributed by atoms with Gasteiger partial charge in [-0.1, -0.05) is 37.3 Å². The van der Waals surface area contributed by atoms with Gasteiger partial charge in [0.1, 0.15) is 23.9 Å². The number of carbonyl (C=O) groups excluding carboxylic acids is 4. The first kappa shape index (κ1) is 42.1. The number of para-hydroxylation sites is 1. The highest BCUT2D eigenvalue weighted by Gasteiger charge is 2.58. The summed E-state index contributed by atoms with van der Waals surface area (Å²) >= 11 is 1.20.